The molecule has 0 aromatic rings. The average Bonchev–Trinajstić information content (AvgIpc) is 2.65. The van der Waals surface area contributed by atoms with Gasteiger partial charge in [0.1, 0.15) is 0 Å². The van der Waals surface area contributed by atoms with Crippen molar-refractivity contribution in [2.45, 2.75) is 51.1 Å². The van der Waals surface area contributed by atoms with Gasteiger partial charge in [0, 0.05) is 18.6 Å². The minimum Gasteiger partial charge on any atom is -0.317 e. The molecular weight excluding hydrogens is 172 g/mol. The van der Waals surface area contributed by atoms with Gasteiger partial charge in [-0.15, -0.1) is 0 Å². The zero-order valence-electron chi connectivity index (χ0n) is 9.63. The van der Waals surface area contributed by atoms with Gasteiger partial charge in [0.25, 0.3) is 0 Å². The lowest BCUT2D eigenvalue weighted by Crippen LogP contribution is -2.40. The number of rotatable bonds is 2. The summed E-state index contributed by atoms with van der Waals surface area (Å²) in [5, 5.41) is 3.41. The summed E-state index contributed by atoms with van der Waals surface area (Å²) in [6, 6.07) is 1.70. The third kappa shape index (κ3) is 2.29. The summed E-state index contributed by atoms with van der Waals surface area (Å²) in [7, 11) is 2.10. The summed E-state index contributed by atoms with van der Waals surface area (Å²) in [6.07, 6.45) is 7.01. The normalized spacial score (nSPS) is 40.3. The fourth-order valence-corrected chi connectivity index (χ4v) is 3.03. The molecule has 2 fully saturated rings. The standard InChI is InChI=1S/C12H24N2/c1-10-7-8-14(9-10)12-5-3-11(13-2)4-6-12/h10-13H,3-9H2,1-2H3/t10-,11?,12?/m0/s1. The van der Waals surface area contributed by atoms with Gasteiger partial charge in [0.2, 0.25) is 0 Å². The van der Waals surface area contributed by atoms with E-state index in [4.69, 9.17) is 0 Å². The molecule has 0 radical (unpaired) electrons. The summed E-state index contributed by atoms with van der Waals surface area (Å²) in [4.78, 5) is 2.73. The van der Waals surface area contributed by atoms with Crippen LogP contribution >= 0.6 is 0 Å². The lowest BCUT2D eigenvalue weighted by atomic mass is 9.90. The van der Waals surface area contributed by atoms with Crippen LogP contribution in [0, 0.1) is 5.92 Å². The molecule has 1 saturated heterocycles. The van der Waals surface area contributed by atoms with Crippen molar-refractivity contribution in [3.63, 3.8) is 0 Å². The molecule has 2 nitrogen and oxygen atoms in total. The van der Waals surface area contributed by atoms with Crippen molar-refractivity contribution in [2.24, 2.45) is 5.92 Å². The molecule has 1 saturated carbocycles. The highest BCUT2D eigenvalue weighted by atomic mass is 15.2. The Kier molecular flexibility index (Phi) is 3.45. The van der Waals surface area contributed by atoms with Gasteiger partial charge in [0.05, 0.1) is 0 Å². The first kappa shape index (κ1) is 10.4. The zero-order valence-corrected chi connectivity index (χ0v) is 9.63. The highest BCUT2D eigenvalue weighted by molar-refractivity contribution is 4.85. The molecule has 0 aromatic carbocycles. The summed E-state index contributed by atoms with van der Waals surface area (Å²) in [5.74, 6) is 0.942. The SMILES string of the molecule is CNC1CCC(N2CC[C@H](C)C2)CC1. The second kappa shape index (κ2) is 4.63. The maximum Gasteiger partial charge on any atom is 0.00965 e. The van der Waals surface area contributed by atoms with E-state index in [1.807, 2.05) is 0 Å². The van der Waals surface area contributed by atoms with Gasteiger partial charge in [-0.3, -0.25) is 0 Å². The van der Waals surface area contributed by atoms with Crippen molar-refractivity contribution in [1.82, 2.24) is 10.2 Å². The first-order chi connectivity index (χ1) is 6.79. The first-order valence-electron chi connectivity index (χ1n) is 6.21. The van der Waals surface area contributed by atoms with E-state index in [9.17, 15) is 0 Å². The fourth-order valence-electron chi connectivity index (χ4n) is 3.03. The van der Waals surface area contributed by atoms with Crippen molar-refractivity contribution in [3.8, 4) is 0 Å². The van der Waals surface area contributed by atoms with E-state index >= 15 is 0 Å². The first-order valence-corrected chi connectivity index (χ1v) is 6.21. The number of likely N-dealkylation sites (tertiary alicyclic amines) is 1. The van der Waals surface area contributed by atoms with Crippen LogP contribution < -0.4 is 5.32 Å². The van der Waals surface area contributed by atoms with Crippen LogP contribution in [0.2, 0.25) is 0 Å². The Hall–Kier alpha value is -0.0800. The predicted molar refractivity (Wildman–Crippen MR) is 60.5 cm³/mol. The highest BCUT2D eigenvalue weighted by Crippen LogP contribution is 2.27. The molecule has 0 unspecified atom stereocenters. The molecule has 1 atom stereocenters. The Balaban J connectivity index is 1.78. The number of nitrogens with zero attached hydrogens (tertiary/aromatic N) is 1. The molecular formula is C12H24N2. The molecule has 0 bridgehead atoms. The maximum absolute atomic E-state index is 3.41. The minimum absolute atomic E-state index is 0.797. The smallest absolute Gasteiger partial charge is 0.00965 e. The van der Waals surface area contributed by atoms with E-state index in [1.54, 1.807) is 0 Å². The van der Waals surface area contributed by atoms with E-state index in [0.29, 0.717) is 0 Å². The molecule has 14 heavy (non-hydrogen) atoms. The third-order valence-electron chi connectivity index (χ3n) is 4.08. The lowest BCUT2D eigenvalue weighted by Gasteiger charge is -2.34. The van der Waals surface area contributed by atoms with E-state index in [2.05, 4.69) is 24.2 Å². The Morgan fingerprint density at radius 2 is 1.79 bits per heavy atom. The van der Waals surface area contributed by atoms with Crippen LogP contribution in [-0.2, 0) is 0 Å². The minimum atomic E-state index is 0.797. The molecule has 0 aromatic heterocycles. The molecule has 1 N–H and O–H groups in total. The Labute approximate surface area is 88.1 Å². The van der Waals surface area contributed by atoms with Crippen LogP contribution in [-0.4, -0.2) is 37.1 Å². The summed E-state index contributed by atoms with van der Waals surface area (Å²) in [6.45, 7) is 5.10. The second-order valence-corrected chi connectivity index (χ2v) is 5.18. The summed E-state index contributed by atoms with van der Waals surface area (Å²) in [5.41, 5.74) is 0. The second-order valence-electron chi connectivity index (χ2n) is 5.18. The summed E-state index contributed by atoms with van der Waals surface area (Å²) < 4.78 is 0. The average molecular weight is 196 g/mol. The highest BCUT2D eigenvalue weighted by Gasteiger charge is 2.28. The molecule has 1 heterocycles. The van der Waals surface area contributed by atoms with Gasteiger partial charge in [-0.1, -0.05) is 6.92 Å². The van der Waals surface area contributed by atoms with Crippen LogP contribution in [0.3, 0.4) is 0 Å². The van der Waals surface area contributed by atoms with Gasteiger partial charge in [0.15, 0.2) is 0 Å². The summed E-state index contributed by atoms with van der Waals surface area (Å²) >= 11 is 0. The van der Waals surface area contributed by atoms with E-state index in [0.717, 1.165) is 18.0 Å². The van der Waals surface area contributed by atoms with Crippen LogP contribution in [0.5, 0.6) is 0 Å². The predicted octanol–water partition coefficient (Wildman–Crippen LogP) is 1.86. The molecule has 1 aliphatic heterocycles. The molecule has 0 spiro atoms. The largest absolute Gasteiger partial charge is 0.317 e. The maximum atomic E-state index is 3.41. The molecule has 0 amide bonds. The van der Waals surface area contributed by atoms with Crippen molar-refractivity contribution < 1.29 is 0 Å². The van der Waals surface area contributed by atoms with Crippen molar-refractivity contribution >= 4 is 0 Å². The van der Waals surface area contributed by atoms with Gasteiger partial charge < -0.3 is 10.2 Å². The molecule has 2 heteroatoms. The van der Waals surface area contributed by atoms with E-state index in [-0.39, 0.29) is 0 Å². The topological polar surface area (TPSA) is 15.3 Å². The van der Waals surface area contributed by atoms with Crippen molar-refractivity contribution in [2.75, 3.05) is 20.1 Å². The molecule has 82 valence electrons. The quantitative estimate of drug-likeness (QED) is 0.725. The van der Waals surface area contributed by atoms with Crippen LogP contribution in [0.4, 0.5) is 0 Å². The number of nitrogens with one attached hydrogen (secondary N) is 1. The van der Waals surface area contributed by atoms with E-state index < -0.39 is 0 Å². The molecule has 2 aliphatic rings. The Morgan fingerprint density at radius 1 is 1.07 bits per heavy atom. The van der Waals surface area contributed by atoms with Gasteiger partial charge in [-0.05, 0) is 51.6 Å². The molecule has 1 aliphatic carbocycles. The molecule has 2 rings (SSSR count). The third-order valence-corrected chi connectivity index (χ3v) is 4.08. The van der Waals surface area contributed by atoms with Gasteiger partial charge in [-0.2, -0.15) is 0 Å². The fraction of sp³-hybridized carbons (Fsp3) is 1.00. The van der Waals surface area contributed by atoms with Gasteiger partial charge >= 0.3 is 0 Å². The number of hydrogen-bond acceptors (Lipinski definition) is 2. The van der Waals surface area contributed by atoms with Crippen molar-refractivity contribution in [1.29, 1.82) is 0 Å². The lowest BCUT2D eigenvalue weighted by molar-refractivity contribution is 0.171. The van der Waals surface area contributed by atoms with E-state index in [1.165, 1.54) is 45.2 Å². The Morgan fingerprint density at radius 3 is 2.29 bits per heavy atom. The van der Waals surface area contributed by atoms with Gasteiger partial charge in [-0.25, -0.2) is 0 Å². The zero-order chi connectivity index (χ0) is 9.97. The van der Waals surface area contributed by atoms with Crippen LogP contribution in [0.1, 0.15) is 39.0 Å². The van der Waals surface area contributed by atoms with Crippen molar-refractivity contribution in [3.05, 3.63) is 0 Å². The number of hydrogen-bond donors (Lipinski definition) is 1. The monoisotopic (exact) mass is 196 g/mol. The van der Waals surface area contributed by atoms with Crippen LogP contribution in [0.25, 0.3) is 0 Å². The Bertz CT molecular complexity index is 173. The van der Waals surface area contributed by atoms with Crippen LogP contribution in [0.15, 0.2) is 0 Å².